The lowest BCUT2D eigenvalue weighted by molar-refractivity contribution is 0.152. The normalized spacial score (nSPS) is 17.1. The van der Waals surface area contributed by atoms with Gasteiger partial charge in [0, 0.05) is 39.3 Å². The molecule has 2 amide bonds. The molecule has 1 rings (SSSR count). The first-order valence-corrected chi connectivity index (χ1v) is 8.15. The zero-order valence-corrected chi connectivity index (χ0v) is 13.3. The number of nitrogens with zero attached hydrogens (tertiary/aromatic N) is 2. The summed E-state index contributed by atoms with van der Waals surface area (Å²) in [6.07, 6.45) is 5.68. The van der Waals surface area contributed by atoms with Gasteiger partial charge in [-0.3, -0.25) is 0 Å². The van der Waals surface area contributed by atoms with Crippen molar-refractivity contribution in [2.45, 2.75) is 39.0 Å². The van der Waals surface area contributed by atoms with E-state index in [1.54, 1.807) is 0 Å². The number of likely N-dealkylation sites (N-methyl/N-ethyl adjacent to an activating group) is 1. The molecule has 0 aromatic carbocycles. The van der Waals surface area contributed by atoms with Crippen LogP contribution in [0.1, 0.15) is 39.0 Å². The third kappa shape index (κ3) is 8.38. The van der Waals surface area contributed by atoms with Crippen molar-refractivity contribution in [1.29, 1.82) is 0 Å². The molecule has 1 aliphatic rings. The summed E-state index contributed by atoms with van der Waals surface area (Å²) < 4.78 is 0. The molecule has 0 bridgehead atoms. The van der Waals surface area contributed by atoms with Crippen molar-refractivity contribution in [3.63, 3.8) is 0 Å². The zero-order chi connectivity index (χ0) is 14.6. The standard InChI is InChI=1S/C15H32N4O/c1-3-4-5-8-16-15(20)17-9-6-7-10-19-13-11-18(2)12-14-19/h3-14H2,1-2H3,(H2,16,17,20). The first-order valence-electron chi connectivity index (χ1n) is 8.15. The molecule has 118 valence electrons. The number of nitrogens with one attached hydrogen (secondary N) is 2. The van der Waals surface area contributed by atoms with Gasteiger partial charge in [0.2, 0.25) is 0 Å². The van der Waals surface area contributed by atoms with Crippen LogP contribution in [0.5, 0.6) is 0 Å². The SMILES string of the molecule is CCCCCNC(=O)NCCCCN1CCN(C)CC1. The van der Waals surface area contributed by atoms with E-state index in [9.17, 15) is 4.79 Å². The maximum atomic E-state index is 11.5. The van der Waals surface area contributed by atoms with Gasteiger partial charge in [-0.1, -0.05) is 19.8 Å². The van der Waals surface area contributed by atoms with Gasteiger partial charge in [0.15, 0.2) is 0 Å². The van der Waals surface area contributed by atoms with Crippen LogP contribution in [0.4, 0.5) is 4.79 Å². The third-order valence-electron chi connectivity index (χ3n) is 3.85. The molecule has 2 N–H and O–H groups in total. The van der Waals surface area contributed by atoms with E-state index in [-0.39, 0.29) is 6.03 Å². The highest BCUT2D eigenvalue weighted by molar-refractivity contribution is 5.73. The van der Waals surface area contributed by atoms with Gasteiger partial charge in [-0.25, -0.2) is 4.79 Å². The van der Waals surface area contributed by atoms with Gasteiger partial charge in [-0.15, -0.1) is 0 Å². The van der Waals surface area contributed by atoms with Gasteiger partial charge in [-0.2, -0.15) is 0 Å². The largest absolute Gasteiger partial charge is 0.338 e. The van der Waals surface area contributed by atoms with E-state index in [1.807, 2.05) is 0 Å². The molecule has 0 spiro atoms. The number of carbonyl (C=O) groups is 1. The number of amides is 2. The molecule has 1 saturated heterocycles. The molecular formula is C15H32N4O. The minimum absolute atomic E-state index is 0.0132. The average molecular weight is 284 g/mol. The molecular weight excluding hydrogens is 252 g/mol. The fourth-order valence-corrected chi connectivity index (χ4v) is 2.37. The van der Waals surface area contributed by atoms with Crippen LogP contribution in [0.3, 0.4) is 0 Å². The summed E-state index contributed by atoms with van der Waals surface area (Å²) in [4.78, 5) is 16.4. The Kier molecular flexibility index (Phi) is 9.41. The molecule has 0 unspecified atom stereocenters. The summed E-state index contributed by atoms with van der Waals surface area (Å²) in [5.41, 5.74) is 0. The van der Waals surface area contributed by atoms with Crippen LogP contribution in [-0.2, 0) is 0 Å². The van der Waals surface area contributed by atoms with E-state index in [2.05, 4.69) is 34.4 Å². The van der Waals surface area contributed by atoms with Gasteiger partial charge in [0.05, 0.1) is 0 Å². The first-order chi connectivity index (χ1) is 9.72. The van der Waals surface area contributed by atoms with Crippen molar-refractivity contribution >= 4 is 6.03 Å². The Morgan fingerprint density at radius 3 is 2.15 bits per heavy atom. The van der Waals surface area contributed by atoms with Gasteiger partial charge < -0.3 is 20.4 Å². The van der Waals surface area contributed by atoms with E-state index in [4.69, 9.17) is 0 Å². The maximum absolute atomic E-state index is 11.5. The number of carbonyl (C=O) groups excluding carboxylic acids is 1. The number of urea groups is 1. The van der Waals surface area contributed by atoms with Crippen molar-refractivity contribution in [2.75, 3.05) is 52.9 Å². The second-order valence-corrected chi connectivity index (χ2v) is 5.74. The van der Waals surface area contributed by atoms with Crippen molar-refractivity contribution in [3.05, 3.63) is 0 Å². The van der Waals surface area contributed by atoms with Crippen LogP contribution < -0.4 is 10.6 Å². The van der Waals surface area contributed by atoms with E-state index in [1.165, 1.54) is 45.4 Å². The predicted octanol–water partition coefficient (Wildman–Crippen LogP) is 1.50. The average Bonchev–Trinajstić information content (AvgIpc) is 2.45. The van der Waals surface area contributed by atoms with Gasteiger partial charge in [0.1, 0.15) is 0 Å². The van der Waals surface area contributed by atoms with Crippen molar-refractivity contribution < 1.29 is 4.79 Å². The lowest BCUT2D eigenvalue weighted by atomic mass is 10.2. The number of hydrogen-bond donors (Lipinski definition) is 2. The Hall–Kier alpha value is -0.810. The Bertz CT molecular complexity index is 252. The van der Waals surface area contributed by atoms with Crippen LogP contribution in [0.15, 0.2) is 0 Å². The van der Waals surface area contributed by atoms with Crippen LogP contribution in [0, 0.1) is 0 Å². The van der Waals surface area contributed by atoms with Crippen LogP contribution in [0.2, 0.25) is 0 Å². The molecule has 1 fully saturated rings. The summed E-state index contributed by atoms with van der Waals surface area (Å²) in [5, 5.41) is 5.82. The lowest BCUT2D eigenvalue weighted by Crippen LogP contribution is -2.44. The Balaban J connectivity index is 1.87. The molecule has 1 aliphatic heterocycles. The Morgan fingerprint density at radius 2 is 1.55 bits per heavy atom. The summed E-state index contributed by atoms with van der Waals surface area (Å²) >= 11 is 0. The smallest absolute Gasteiger partial charge is 0.314 e. The summed E-state index contributed by atoms with van der Waals surface area (Å²) in [6.45, 7) is 9.63. The monoisotopic (exact) mass is 284 g/mol. The lowest BCUT2D eigenvalue weighted by Gasteiger charge is -2.32. The van der Waals surface area contributed by atoms with Gasteiger partial charge >= 0.3 is 6.03 Å². The van der Waals surface area contributed by atoms with Crippen molar-refractivity contribution in [1.82, 2.24) is 20.4 Å². The van der Waals surface area contributed by atoms with E-state index in [0.717, 1.165) is 32.5 Å². The first kappa shape index (κ1) is 17.2. The molecule has 0 radical (unpaired) electrons. The Labute approximate surface area is 124 Å². The minimum atomic E-state index is -0.0132. The molecule has 0 aliphatic carbocycles. The number of hydrogen-bond acceptors (Lipinski definition) is 3. The molecule has 0 aromatic heterocycles. The van der Waals surface area contributed by atoms with Crippen LogP contribution in [0.25, 0.3) is 0 Å². The van der Waals surface area contributed by atoms with Crippen molar-refractivity contribution in [3.8, 4) is 0 Å². The maximum Gasteiger partial charge on any atom is 0.314 e. The molecule has 20 heavy (non-hydrogen) atoms. The second kappa shape index (κ2) is 10.9. The van der Waals surface area contributed by atoms with Crippen molar-refractivity contribution in [2.24, 2.45) is 0 Å². The number of piperazine rings is 1. The minimum Gasteiger partial charge on any atom is -0.338 e. The second-order valence-electron chi connectivity index (χ2n) is 5.74. The Morgan fingerprint density at radius 1 is 0.950 bits per heavy atom. The molecule has 5 heteroatoms. The number of rotatable bonds is 9. The van der Waals surface area contributed by atoms with Gasteiger partial charge in [0.25, 0.3) is 0 Å². The quantitative estimate of drug-likeness (QED) is 0.631. The fraction of sp³-hybridized carbons (Fsp3) is 0.933. The summed E-state index contributed by atoms with van der Waals surface area (Å²) in [7, 11) is 2.18. The number of unbranched alkanes of at least 4 members (excludes halogenated alkanes) is 3. The highest BCUT2D eigenvalue weighted by Crippen LogP contribution is 2.01. The van der Waals surface area contributed by atoms with E-state index in [0.29, 0.717) is 0 Å². The zero-order valence-electron chi connectivity index (χ0n) is 13.3. The summed E-state index contributed by atoms with van der Waals surface area (Å²) in [6, 6.07) is -0.0132. The highest BCUT2D eigenvalue weighted by atomic mass is 16.2. The predicted molar refractivity (Wildman–Crippen MR) is 84.1 cm³/mol. The molecule has 0 saturated carbocycles. The summed E-state index contributed by atoms with van der Waals surface area (Å²) in [5.74, 6) is 0. The molecule has 1 heterocycles. The molecule has 5 nitrogen and oxygen atoms in total. The molecule has 0 atom stereocenters. The van der Waals surface area contributed by atoms with Crippen LogP contribution >= 0.6 is 0 Å². The van der Waals surface area contributed by atoms with E-state index < -0.39 is 0 Å². The third-order valence-corrected chi connectivity index (χ3v) is 3.85. The molecule has 0 aromatic rings. The van der Waals surface area contributed by atoms with E-state index >= 15 is 0 Å². The topological polar surface area (TPSA) is 47.6 Å². The highest BCUT2D eigenvalue weighted by Gasteiger charge is 2.12. The van der Waals surface area contributed by atoms with Crippen LogP contribution in [-0.4, -0.2) is 68.7 Å². The fourth-order valence-electron chi connectivity index (χ4n) is 2.37. The van der Waals surface area contributed by atoms with Gasteiger partial charge in [-0.05, 0) is 32.9 Å².